The lowest BCUT2D eigenvalue weighted by Gasteiger charge is -2.12. The average molecular weight is 499 g/mol. The molecule has 0 atom stereocenters. The summed E-state index contributed by atoms with van der Waals surface area (Å²) in [7, 11) is -4.07. The Kier molecular flexibility index (Phi) is 7.99. The van der Waals surface area contributed by atoms with E-state index in [2.05, 4.69) is 15.5 Å². The minimum atomic E-state index is -4.07. The fraction of sp³-hybridized carbons (Fsp3) is 0.217. The van der Waals surface area contributed by atoms with Crippen molar-refractivity contribution in [2.75, 3.05) is 11.9 Å². The highest BCUT2D eigenvalue weighted by Crippen LogP contribution is 2.32. The van der Waals surface area contributed by atoms with Gasteiger partial charge in [-0.05, 0) is 42.8 Å². The zero-order valence-electron chi connectivity index (χ0n) is 18.7. The summed E-state index contributed by atoms with van der Waals surface area (Å²) in [6.45, 7) is 5.90. The fourth-order valence-corrected chi connectivity index (χ4v) is 4.40. The predicted octanol–water partition coefficient (Wildman–Crippen LogP) is 4.37. The second-order valence-electron chi connectivity index (χ2n) is 7.21. The molecule has 1 heterocycles. The number of hydrogen-bond donors (Lipinski definition) is 1. The van der Waals surface area contributed by atoms with Crippen LogP contribution in [0.5, 0.6) is 11.5 Å². The van der Waals surface area contributed by atoms with E-state index in [1.807, 2.05) is 19.9 Å². The van der Waals surface area contributed by atoms with Crippen LogP contribution in [0.25, 0.3) is 6.08 Å². The van der Waals surface area contributed by atoms with Crippen molar-refractivity contribution in [1.29, 1.82) is 5.26 Å². The van der Waals surface area contributed by atoms with Crippen molar-refractivity contribution in [3.63, 3.8) is 0 Å². The summed E-state index contributed by atoms with van der Waals surface area (Å²) in [6.07, 6.45) is 1.36. The van der Waals surface area contributed by atoms with Crippen molar-refractivity contribution in [3.05, 3.63) is 64.7 Å². The first-order chi connectivity index (χ1) is 16.2. The van der Waals surface area contributed by atoms with Crippen LogP contribution >= 0.6 is 11.3 Å². The van der Waals surface area contributed by atoms with Crippen LogP contribution in [0.4, 0.5) is 5.13 Å². The summed E-state index contributed by atoms with van der Waals surface area (Å²) in [5.41, 5.74) is 0.272. The van der Waals surface area contributed by atoms with Crippen molar-refractivity contribution in [3.8, 4) is 17.6 Å². The minimum absolute atomic E-state index is 0.00200. The van der Waals surface area contributed by atoms with Gasteiger partial charge >= 0.3 is 10.1 Å². The summed E-state index contributed by atoms with van der Waals surface area (Å²) in [6, 6.07) is 14.0. The Morgan fingerprint density at radius 2 is 1.91 bits per heavy atom. The molecule has 0 aliphatic heterocycles. The quantitative estimate of drug-likeness (QED) is 0.261. The van der Waals surface area contributed by atoms with E-state index in [1.165, 1.54) is 47.7 Å². The number of nitriles is 1. The summed E-state index contributed by atoms with van der Waals surface area (Å²) in [4.78, 5) is 12.6. The lowest BCUT2D eigenvalue weighted by atomic mass is 10.1. The van der Waals surface area contributed by atoms with Gasteiger partial charge in [0.05, 0.1) is 6.61 Å². The number of hydrogen-bond acceptors (Lipinski definition) is 9. The molecule has 2 aromatic carbocycles. The molecule has 1 amide bonds. The highest BCUT2D eigenvalue weighted by molar-refractivity contribution is 7.87. The van der Waals surface area contributed by atoms with E-state index in [1.54, 1.807) is 25.1 Å². The van der Waals surface area contributed by atoms with E-state index >= 15 is 0 Å². The maximum Gasteiger partial charge on any atom is 0.339 e. The third-order valence-electron chi connectivity index (χ3n) is 4.33. The van der Waals surface area contributed by atoms with Gasteiger partial charge in [-0.2, -0.15) is 13.7 Å². The molecule has 3 rings (SSSR count). The summed E-state index contributed by atoms with van der Waals surface area (Å²) < 4.78 is 36.0. The van der Waals surface area contributed by atoms with Gasteiger partial charge < -0.3 is 8.92 Å². The molecule has 1 aromatic heterocycles. The van der Waals surface area contributed by atoms with E-state index in [0.717, 1.165) is 5.01 Å². The molecule has 0 radical (unpaired) electrons. The number of ether oxygens (including phenoxy) is 1. The molecule has 176 valence electrons. The SMILES string of the molecule is CCOc1cc(/C=C(/C#N)C(=O)Nc2nnc(C(C)C)s2)ccc1OS(=O)(=O)c1ccccc1. The number of amides is 1. The Morgan fingerprint density at radius 1 is 1.18 bits per heavy atom. The van der Waals surface area contributed by atoms with Gasteiger partial charge in [-0.1, -0.05) is 49.4 Å². The average Bonchev–Trinajstić information content (AvgIpc) is 3.28. The van der Waals surface area contributed by atoms with Crippen LogP contribution in [0.15, 0.2) is 59.0 Å². The molecule has 0 bridgehead atoms. The van der Waals surface area contributed by atoms with Gasteiger partial charge in [0.1, 0.15) is 21.5 Å². The Bertz CT molecular complexity index is 1340. The van der Waals surface area contributed by atoms with Crippen molar-refractivity contribution < 1.29 is 22.1 Å². The first-order valence-electron chi connectivity index (χ1n) is 10.3. The first kappa shape index (κ1) is 24.9. The monoisotopic (exact) mass is 498 g/mol. The van der Waals surface area contributed by atoms with Gasteiger partial charge in [0.15, 0.2) is 11.5 Å². The van der Waals surface area contributed by atoms with Crippen LogP contribution in [0.3, 0.4) is 0 Å². The second kappa shape index (κ2) is 10.9. The Morgan fingerprint density at radius 3 is 2.53 bits per heavy atom. The zero-order chi connectivity index (χ0) is 24.7. The lowest BCUT2D eigenvalue weighted by Crippen LogP contribution is -2.13. The van der Waals surface area contributed by atoms with Crippen molar-refractivity contribution >= 4 is 38.6 Å². The molecule has 1 N–H and O–H groups in total. The number of benzene rings is 2. The van der Waals surface area contributed by atoms with Gasteiger partial charge in [0.2, 0.25) is 5.13 Å². The third kappa shape index (κ3) is 6.18. The summed E-state index contributed by atoms with van der Waals surface area (Å²) in [5, 5.41) is 21.0. The van der Waals surface area contributed by atoms with Gasteiger partial charge in [0.25, 0.3) is 5.91 Å². The molecule has 0 spiro atoms. The van der Waals surface area contributed by atoms with Crippen LogP contribution < -0.4 is 14.2 Å². The number of rotatable bonds is 9. The molecular formula is C23H22N4O5S2. The Labute approximate surface area is 201 Å². The maximum absolute atomic E-state index is 12.6. The smallest absolute Gasteiger partial charge is 0.339 e. The topological polar surface area (TPSA) is 131 Å². The molecule has 9 nitrogen and oxygen atoms in total. The van der Waals surface area contributed by atoms with E-state index in [9.17, 15) is 18.5 Å². The second-order valence-corrected chi connectivity index (χ2v) is 9.77. The highest BCUT2D eigenvalue weighted by atomic mass is 32.2. The van der Waals surface area contributed by atoms with E-state index in [4.69, 9.17) is 8.92 Å². The molecule has 0 aliphatic carbocycles. The van der Waals surface area contributed by atoms with Gasteiger partial charge in [-0.15, -0.1) is 10.2 Å². The molecule has 0 unspecified atom stereocenters. The van der Waals surface area contributed by atoms with Crippen LogP contribution in [-0.4, -0.2) is 31.1 Å². The predicted molar refractivity (Wildman–Crippen MR) is 128 cm³/mol. The van der Waals surface area contributed by atoms with Gasteiger partial charge in [0, 0.05) is 5.92 Å². The van der Waals surface area contributed by atoms with Gasteiger partial charge in [-0.3, -0.25) is 10.1 Å². The number of anilines is 1. The largest absolute Gasteiger partial charge is 0.490 e. The van der Waals surface area contributed by atoms with E-state index in [0.29, 0.717) is 10.7 Å². The molecule has 0 saturated heterocycles. The number of nitrogens with zero attached hydrogens (tertiary/aromatic N) is 3. The van der Waals surface area contributed by atoms with Crippen LogP contribution in [0, 0.1) is 11.3 Å². The Balaban J connectivity index is 1.85. The number of carbonyl (C=O) groups is 1. The number of aromatic nitrogens is 2. The number of nitrogens with one attached hydrogen (secondary N) is 1. The standard InChI is InChI=1S/C23H22N4O5S2/c1-4-31-20-13-16(10-11-19(20)32-34(29,30)18-8-6-5-7-9-18)12-17(14-24)21(28)25-23-27-26-22(33-23)15(2)3/h5-13,15H,4H2,1-3H3,(H,25,27,28)/b17-12-. The summed E-state index contributed by atoms with van der Waals surface area (Å²) >= 11 is 1.23. The maximum atomic E-state index is 12.6. The Hall–Kier alpha value is -3.75. The minimum Gasteiger partial charge on any atom is -0.490 e. The van der Waals surface area contributed by atoms with E-state index in [-0.39, 0.29) is 34.5 Å². The van der Waals surface area contributed by atoms with Crippen LogP contribution in [0.1, 0.15) is 37.3 Å². The van der Waals surface area contributed by atoms with Crippen molar-refractivity contribution in [2.45, 2.75) is 31.6 Å². The highest BCUT2D eigenvalue weighted by Gasteiger charge is 2.20. The molecule has 0 aliphatic rings. The fourth-order valence-electron chi connectivity index (χ4n) is 2.70. The zero-order valence-corrected chi connectivity index (χ0v) is 20.3. The van der Waals surface area contributed by atoms with Gasteiger partial charge in [-0.25, -0.2) is 0 Å². The van der Waals surface area contributed by atoms with Crippen molar-refractivity contribution in [2.24, 2.45) is 0 Å². The molecule has 0 saturated carbocycles. The summed E-state index contributed by atoms with van der Waals surface area (Å²) in [5.74, 6) is -0.337. The van der Waals surface area contributed by atoms with Crippen LogP contribution in [-0.2, 0) is 14.9 Å². The molecule has 0 fully saturated rings. The molecule has 11 heteroatoms. The van der Waals surface area contributed by atoms with E-state index < -0.39 is 16.0 Å². The van der Waals surface area contributed by atoms with Crippen molar-refractivity contribution in [1.82, 2.24) is 10.2 Å². The molecular weight excluding hydrogens is 476 g/mol. The normalized spacial score (nSPS) is 11.7. The third-order valence-corrected chi connectivity index (χ3v) is 6.72. The first-order valence-corrected chi connectivity index (χ1v) is 12.5. The lowest BCUT2D eigenvalue weighted by molar-refractivity contribution is -0.112. The molecule has 34 heavy (non-hydrogen) atoms. The van der Waals surface area contributed by atoms with Crippen LogP contribution in [0.2, 0.25) is 0 Å². The number of carbonyl (C=O) groups excluding carboxylic acids is 1. The molecule has 3 aromatic rings.